The van der Waals surface area contributed by atoms with E-state index in [4.69, 9.17) is 0 Å². The van der Waals surface area contributed by atoms with Crippen molar-refractivity contribution in [1.29, 1.82) is 0 Å². The minimum atomic E-state index is -1.26. The average molecular weight is 369 g/mol. The normalized spacial score (nSPS) is 10.5. The van der Waals surface area contributed by atoms with Gasteiger partial charge in [-0.05, 0) is 17.7 Å². The first kappa shape index (κ1) is 17.5. The van der Waals surface area contributed by atoms with Crippen molar-refractivity contribution in [2.24, 2.45) is 7.05 Å². The molecule has 2 aromatic heterocycles. The third kappa shape index (κ3) is 4.03. The molecule has 0 saturated carbocycles. The number of amides is 1. The number of carbonyl (C=O) groups is 2. The molecular weight excluding hydrogens is 356 g/mol. The molecule has 3 aromatic rings. The minimum absolute atomic E-state index is 0.0491. The molecule has 0 spiro atoms. The molecular formula is C16H13N6O3S-. The Hall–Kier alpha value is -3.27. The van der Waals surface area contributed by atoms with Crippen LogP contribution in [0.1, 0.15) is 10.4 Å². The van der Waals surface area contributed by atoms with Gasteiger partial charge >= 0.3 is 0 Å². The second-order valence-electron chi connectivity index (χ2n) is 5.16. The Labute approximate surface area is 152 Å². The smallest absolute Gasteiger partial charge is 0.234 e. The fourth-order valence-electron chi connectivity index (χ4n) is 2.10. The zero-order valence-electron chi connectivity index (χ0n) is 13.6. The molecule has 26 heavy (non-hydrogen) atoms. The molecule has 3 rings (SSSR count). The number of anilines is 1. The van der Waals surface area contributed by atoms with E-state index in [1.54, 1.807) is 30.2 Å². The summed E-state index contributed by atoms with van der Waals surface area (Å²) in [6.45, 7) is 0. The molecule has 1 amide bonds. The summed E-state index contributed by atoms with van der Waals surface area (Å²) in [5.41, 5.74) is 1.14. The second-order valence-corrected chi connectivity index (χ2v) is 6.10. The van der Waals surface area contributed by atoms with Crippen molar-refractivity contribution in [1.82, 2.24) is 24.7 Å². The van der Waals surface area contributed by atoms with Gasteiger partial charge in [0.25, 0.3) is 0 Å². The largest absolute Gasteiger partial charge is 0.545 e. The number of rotatable bonds is 6. The molecule has 0 bridgehead atoms. The van der Waals surface area contributed by atoms with E-state index in [9.17, 15) is 14.7 Å². The molecule has 132 valence electrons. The summed E-state index contributed by atoms with van der Waals surface area (Å²) >= 11 is 1.22. The van der Waals surface area contributed by atoms with Gasteiger partial charge in [-0.25, -0.2) is 4.98 Å². The van der Waals surface area contributed by atoms with Gasteiger partial charge in [0, 0.05) is 25.1 Å². The van der Waals surface area contributed by atoms with Crippen LogP contribution < -0.4 is 10.4 Å². The van der Waals surface area contributed by atoms with Crippen molar-refractivity contribution < 1.29 is 14.7 Å². The van der Waals surface area contributed by atoms with Gasteiger partial charge in [-0.1, -0.05) is 23.9 Å². The number of thioether (sulfide) groups is 1. The predicted molar refractivity (Wildman–Crippen MR) is 92.2 cm³/mol. The Morgan fingerprint density at radius 2 is 1.96 bits per heavy atom. The number of benzene rings is 1. The zero-order valence-corrected chi connectivity index (χ0v) is 14.4. The van der Waals surface area contributed by atoms with Gasteiger partial charge in [-0.3, -0.25) is 9.78 Å². The van der Waals surface area contributed by atoms with Crippen LogP contribution in [-0.2, 0) is 11.8 Å². The van der Waals surface area contributed by atoms with Crippen LogP contribution in [0, 0.1) is 0 Å². The Morgan fingerprint density at radius 3 is 2.62 bits per heavy atom. The summed E-state index contributed by atoms with van der Waals surface area (Å²) in [5, 5.41) is 22.1. The number of aromatic carboxylic acids is 1. The Morgan fingerprint density at radius 1 is 1.19 bits per heavy atom. The summed E-state index contributed by atoms with van der Waals surface area (Å²) in [7, 11) is 1.78. The van der Waals surface area contributed by atoms with Crippen molar-refractivity contribution in [3.63, 3.8) is 0 Å². The summed E-state index contributed by atoms with van der Waals surface area (Å²) in [4.78, 5) is 30.9. The molecule has 10 heteroatoms. The van der Waals surface area contributed by atoms with Crippen LogP contribution in [0.3, 0.4) is 0 Å². The summed E-state index contributed by atoms with van der Waals surface area (Å²) in [6, 6.07) is 5.74. The number of aromatic nitrogens is 5. The van der Waals surface area contributed by atoms with Crippen LogP contribution in [0.4, 0.5) is 5.69 Å². The minimum Gasteiger partial charge on any atom is -0.545 e. The third-order valence-corrected chi connectivity index (χ3v) is 4.38. The van der Waals surface area contributed by atoms with Gasteiger partial charge in [-0.15, -0.1) is 10.2 Å². The first-order valence-electron chi connectivity index (χ1n) is 7.44. The first-order valence-corrected chi connectivity index (χ1v) is 8.43. The van der Waals surface area contributed by atoms with Gasteiger partial charge < -0.3 is 19.8 Å². The number of carbonyl (C=O) groups excluding carboxylic acids is 2. The van der Waals surface area contributed by atoms with Crippen LogP contribution in [0.5, 0.6) is 0 Å². The lowest BCUT2D eigenvalue weighted by Gasteiger charge is -2.07. The van der Waals surface area contributed by atoms with Gasteiger partial charge in [0.2, 0.25) is 5.91 Å². The molecule has 0 unspecified atom stereocenters. The van der Waals surface area contributed by atoms with Crippen LogP contribution in [0.2, 0.25) is 0 Å². The lowest BCUT2D eigenvalue weighted by Crippen LogP contribution is -2.22. The lowest BCUT2D eigenvalue weighted by molar-refractivity contribution is -0.255. The fraction of sp³-hybridized carbons (Fsp3) is 0.125. The maximum Gasteiger partial charge on any atom is 0.234 e. The molecule has 0 fully saturated rings. The summed E-state index contributed by atoms with van der Waals surface area (Å²) < 4.78 is 1.73. The average Bonchev–Trinajstić information content (AvgIpc) is 3.02. The van der Waals surface area contributed by atoms with Crippen LogP contribution >= 0.6 is 11.8 Å². The van der Waals surface area contributed by atoms with Crippen LogP contribution in [0.25, 0.3) is 11.5 Å². The first-order chi connectivity index (χ1) is 12.5. The van der Waals surface area contributed by atoms with Gasteiger partial charge in [0.15, 0.2) is 11.0 Å². The van der Waals surface area contributed by atoms with Gasteiger partial charge in [-0.2, -0.15) is 0 Å². The molecule has 0 atom stereocenters. The number of carboxylic acid groups (broad SMARTS) is 1. The molecule has 0 aliphatic carbocycles. The summed E-state index contributed by atoms with van der Waals surface area (Å²) in [6.07, 6.45) is 4.72. The van der Waals surface area contributed by atoms with E-state index in [-0.39, 0.29) is 17.2 Å². The topological polar surface area (TPSA) is 126 Å². The van der Waals surface area contributed by atoms with Gasteiger partial charge in [0.1, 0.15) is 5.69 Å². The Bertz CT molecular complexity index is 927. The molecule has 0 saturated heterocycles. The van der Waals surface area contributed by atoms with Crippen molar-refractivity contribution in [3.05, 3.63) is 48.4 Å². The number of nitrogens with one attached hydrogen (secondary N) is 1. The van der Waals surface area contributed by atoms with Crippen molar-refractivity contribution in [2.75, 3.05) is 11.1 Å². The van der Waals surface area contributed by atoms with E-state index >= 15 is 0 Å². The molecule has 9 nitrogen and oxygen atoms in total. The fourth-order valence-corrected chi connectivity index (χ4v) is 2.81. The molecule has 0 aliphatic heterocycles. The monoisotopic (exact) mass is 369 g/mol. The molecule has 1 N–H and O–H groups in total. The van der Waals surface area contributed by atoms with Crippen LogP contribution in [0.15, 0.2) is 48.0 Å². The van der Waals surface area contributed by atoms with Gasteiger partial charge in [0.05, 0.1) is 17.9 Å². The van der Waals surface area contributed by atoms with E-state index in [0.717, 1.165) is 0 Å². The van der Waals surface area contributed by atoms with Crippen molar-refractivity contribution in [2.45, 2.75) is 5.16 Å². The zero-order chi connectivity index (χ0) is 18.5. The number of hydrogen-bond acceptors (Lipinski definition) is 8. The van der Waals surface area contributed by atoms with E-state index in [2.05, 4.69) is 25.5 Å². The quantitative estimate of drug-likeness (QED) is 0.618. The highest BCUT2D eigenvalue weighted by Crippen LogP contribution is 2.21. The standard InChI is InChI=1S/C16H14N6O3S/c1-22-14(12-8-17-6-7-18-12)20-21-16(22)26-9-13(23)19-11-4-2-10(3-5-11)15(24)25/h2-8H,9H2,1H3,(H,19,23)(H,24,25)/p-1. The number of hydrogen-bond donors (Lipinski definition) is 1. The van der Waals surface area contributed by atoms with E-state index < -0.39 is 5.97 Å². The van der Waals surface area contributed by atoms with Crippen molar-refractivity contribution >= 4 is 29.3 Å². The van der Waals surface area contributed by atoms with Crippen LogP contribution in [-0.4, -0.2) is 42.4 Å². The van der Waals surface area contributed by atoms with E-state index in [0.29, 0.717) is 22.4 Å². The highest BCUT2D eigenvalue weighted by atomic mass is 32.2. The number of nitrogens with zero attached hydrogens (tertiary/aromatic N) is 5. The molecule has 0 radical (unpaired) electrons. The molecule has 1 aromatic carbocycles. The second kappa shape index (κ2) is 7.74. The molecule has 2 heterocycles. The predicted octanol–water partition coefficient (Wildman–Crippen LogP) is 0.366. The van der Waals surface area contributed by atoms with Crippen molar-refractivity contribution in [3.8, 4) is 11.5 Å². The van der Waals surface area contributed by atoms with E-state index in [1.807, 2.05) is 0 Å². The Kier molecular flexibility index (Phi) is 5.23. The summed E-state index contributed by atoms with van der Waals surface area (Å²) in [5.74, 6) is -0.840. The highest BCUT2D eigenvalue weighted by molar-refractivity contribution is 7.99. The Balaban J connectivity index is 1.60. The highest BCUT2D eigenvalue weighted by Gasteiger charge is 2.14. The molecule has 0 aliphatic rings. The SMILES string of the molecule is Cn1c(SCC(=O)Nc2ccc(C(=O)[O-])cc2)nnc1-c1cnccn1. The maximum atomic E-state index is 12.1. The number of carboxylic acids is 1. The third-order valence-electron chi connectivity index (χ3n) is 3.36. The van der Waals surface area contributed by atoms with E-state index in [1.165, 1.54) is 36.0 Å². The lowest BCUT2D eigenvalue weighted by atomic mass is 10.2. The maximum absolute atomic E-state index is 12.1.